The molecule has 0 radical (unpaired) electrons. The molecule has 0 aliphatic carbocycles. The van der Waals surface area contributed by atoms with Crippen molar-refractivity contribution in [2.24, 2.45) is 11.8 Å². The molecule has 4 atom stereocenters. The summed E-state index contributed by atoms with van der Waals surface area (Å²) in [6.07, 6.45) is 4.07. The molecule has 1 aromatic carbocycles. The molecule has 138 valence electrons. The van der Waals surface area contributed by atoms with E-state index in [1.54, 1.807) is 35.6 Å². The number of fused-ring (bicyclic) bond motifs is 1. The van der Waals surface area contributed by atoms with Gasteiger partial charge in [0, 0.05) is 43.0 Å². The number of ether oxygens (including phenoxy) is 1. The zero-order chi connectivity index (χ0) is 17.8. The van der Waals surface area contributed by atoms with Crippen molar-refractivity contribution in [2.45, 2.75) is 29.4 Å². The van der Waals surface area contributed by atoms with Gasteiger partial charge in [-0.1, -0.05) is 18.2 Å². The minimum atomic E-state index is -3.48. The van der Waals surface area contributed by atoms with Gasteiger partial charge in [-0.2, -0.15) is 0 Å². The predicted molar refractivity (Wildman–Crippen MR) is 99.8 cm³/mol. The van der Waals surface area contributed by atoms with E-state index < -0.39 is 10.0 Å². The molecule has 0 unspecified atom stereocenters. The molecule has 1 N–H and O–H groups in total. The fourth-order valence-corrected chi connectivity index (χ4v) is 6.62. The van der Waals surface area contributed by atoms with Crippen LogP contribution in [-0.4, -0.2) is 44.7 Å². The molecule has 6 nitrogen and oxygen atoms in total. The van der Waals surface area contributed by atoms with E-state index in [4.69, 9.17) is 4.74 Å². The van der Waals surface area contributed by atoms with E-state index in [2.05, 4.69) is 14.6 Å². The Morgan fingerprint density at radius 3 is 2.96 bits per heavy atom. The van der Waals surface area contributed by atoms with Crippen LogP contribution in [0.2, 0.25) is 0 Å². The van der Waals surface area contributed by atoms with E-state index in [1.807, 2.05) is 17.6 Å². The van der Waals surface area contributed by atoms with E-state index >= 15 is 0 Å². The third-order valence-corrected chi connectivity index (χ3v) is 8.31. The van der Waals surface area contributed by atoms with Crippen LogP contribution in [-0.2, 0) is 14.8 Å². The maximum absolute atomic E-state index is 12.6. The zero-order valence-corrected chi connectivity index (χ0v) is 15.9. The smallest absolute Gasteiger partial charge is 0.240 e. The quantitative estimate of drug-likeness (QED) is 0.845. The molecular weight excluding hydrogens is 370 g/mol. The molecule has 3 saturated heterocycles. The van der Waals surface area contributed by atoms with Gasteiger partial charge in [-0.15, -0.1) is 11.3 Å². The average molecular weight is 392 g/mol. The van der Waals surface area contributed by atoms with Crippen LogP contribution < -0.4 is 9.62 Å². The van der Waals surface area contributed by atoms with E-state index in [0.29, 0.717) is 17.4 Å². The van der Waals surface area contributed by atoms with Gasteiger partial charge in [-0.05, 0) is 25.0 Å². The second-order valence-electron chi connectivity index (χ2n) is 7.39. The number of sulfonamides is 1. The van der Waals surface area contributed by atoms with E-state index in [1.165, 1.54) is 0 Å². The first-order valence-electron chi connectivity index (χ1n) is 8.94. The van der Waals surface area contributed by atoms with Gasteiger partial charge >= 0.3 is 0 Å². The molecule has 3 aliphatic heterocycles. The summed E-state index contributed by atoms with van der Waals surface area (Å²) in [4.78, 5) is 7.05. The number of anilines is 1. The van der Waals surface area contributed by atoms with Gasteiger partial charge in [0.15, 0.2) is 5.13 Å². The number of thiazole rings is 1. The summed E-state index contributed by atoms with van der Waals surface area (Å²) in [5.74, 6) is 0.566. The lowest BCUT2D eigenvalue weighted by atomic mass is 9.74. The minimum absolute atomic E-state index is 0.126. The van der Waals surface area contributed by atoms with Crippen LogP contribution in [0.15, 0.2) is 46.8 Å². The van der Waals surface area contributed by atoms with Crippen molar-refractivity contribution in [1.82, 2.24) is 9.71 Å². The molecule has 2 bridgehead atoms. The Balaban J connectivity index is 1.33. The summed E-state index contributed by atoms with van der Waals surface area (Å²) in [6.45, 7) is 2.19. The van der Waals surface area contributed by atoms with Crippen molar-refractivity contribution in [3.63, 3.8) is 0 Å². The molecule has 0 amide bonds. The third-order valence-electron chi connectivity index (χ3n) is 6.04. The molecule has 1 spiro atoms. The summed E-state index contributed by atoms with van der Waals surface area (Å²) >= 11 is 1.65. The Labute approximate surface area is 157 Å². The van der Waals surface area contributed by atoms with E-state index in [9.17, 15) is 8.42 Å². The molecule has 4 heterocycles. The Morgan fingerprint density at radius 2 is 2.19 bits per heavy atom. The summed E-state index contributed by atoms with van der Waals surface area (Å²) in [7, 11) is -3.48. The Bertz CT molecular complexity index is 888. The Kier molecular flexibility index (Phi) is 3.86. The second-order valence-corrected chi connectivity index (χ2v) is 10.0. The van der Waals surface area contributed by atoms with Crippen molar-refractivity contribution >= 4 is 26.5 Å². The van der Waals surface area contributed by atoms with Gasteiger partial charge in [-0.3, -0.25) is 0 Å². The fraction of sp³-hybridized carbons (Fsp3) is 0.500. The molecule has 2 aromatic rings. The largest absolute Gasteiger partial charge is 0.369 e. The van der Waals surface area contributed by atoms with Crippen molar-refractivity contribution in [1.29, 1.82) is 0 Å². The Hall–Kier alpha value is -1.48. The lowest BCUT2D eigenvalue weighted by Gasteiger charge is -2.29. The summed E-state index contributed by atoms with van der Waals surface area (Å²) in [5.41, 5.74) is -0.126. The standard InChI is InChI=1S/C18H21N3O3S2/c22-26(23,13-4-2-1-3-5-13)20-10-14-15-11-21(17-19-8-9-25-17)12-18(15)7-6-16(14)24-18/h1-5,8-9,14-16,20H,6-7,10-12H2/t14-,15+,16+,18+/m0/s1. The Morgan fingerprint density at radius 1 is 1.35 bits per heavy atom. The van der Waals surface area contributed by atoms with Crippen molar-refractivity contribution in [2.75, 3.05) is 24.5 Å². The van der Waals surface area contributed by atoms with Crippen LogP contribution in [0.4, 0.5) is 5.13 Å². The number of nitrogens with zero attached hydrogens (tertiary/aromatic N) is 2. The number of rotatable bonds is 5. The highest BCUT2D eigenvalue weighted by atomic mass is 32.2. The van der Waals surface area contributed by atoms with E-state index in [0.717, 1.165) is 31.1 Å². The highest BCUT2D eigenvalue weighted by Gasteiger charge is 2.63. The lowest BCUT2D eigenvalue weighted by Crippen LogP contribution is -2.41. The average Bonchev–Trinajstić information content (AvgIpc) is 3.40. The first-order valence-corrected chi connectivity index (χ1v) is 11.3. The SMILES string of the molecule is O=S(=O)(NC[C@H]1[C@H]2CN(c3nccs3)C[C@]23CC[C@H]1O3)c1ccccc1. The second kappa shape index (κ2) is 6.02. The monoisotopic (exact) mass is 391 g/mol. The topological polar surface area (TPSA) is 71.5 Å². The molecular formula is C18H21N3O3S2. The fourth-order valence-electron chi connectivity index (χ4n) is 4.87. The summed E-state index contributed by atoms with van der Waals surface area (Å²) in [5, 5.41) is 3.02. The number of hydrogen-bond donors (Lipinski definition) is 1. The molecule has 3 fully saturated rings. The zero-order valence-electron chi connectivity index (χ0n) is 14.2. The molecule has 5 rings (SSSR count). The molecule has 8 heteroatoms. The predicted octanol–water partition coefficient (Wildman–Crippen LogP) is 2.11. The lowest BCUT2D eigenvalue weighted by molar-refractivity contribution is 0.0142. The van der Waals surface area contributed by atoms with Gasteiger partial charge in [0.2, 0.25) is 10.0 Å². The number of aromatic nitrogens is 1. The number of hydrogen-bond acceptors (Lipinski definition) is 6. The van der Waals surface area contributed by atoms with Crippen LogP contribution in [0.3, 0.4) is 0 Å². The first-order chi connectivity index (χ1) is 12.6. The van der Waals surface area contributed by atoms with Gasteiger partial charge < -0.3 is 9.64 Å². The molecule has 1 aromatic heterocycles. The highest BCUT2D eigenvalue weighted by Crippen LogP contribution is 2.55. The summed E-state index contributed by atoms with van der Waals surface area (Å²) in [6, 6.07) is 8.56. The van der Waals surface area contributed by atoms with Crippen LogP contribution in [0.25, 0.3) is 0 Å². The number of benzene rings is 1. The molecule has 26 heavy (non-hydrogen) atoms. The maximum atomic E-state index is 12.6. The van der Waals surface area contributed by atoms with Crippen molar-refractivity contribution in [3.8, 4) is 0 Å². The minimum Gasteiger partial charge on any atom is -0.369 e. The van der Waals surface area contributed by atoms with Crippen LogP contribution in [0.1, 0.15) is 12.8 Å². The van der Waals surface area contributed by atoms with Crippen LogP contribution >= 0.6 is 11.3 Å². The van der Waals surface area contributed by atoms with Crippen molar-refractivity contribution in [3.05, 3.63) is 41.9 Å². The van der Waals surface area contributed by atoms with Gasteiger partial charge in [0.1, 0.15) is 0 Å². The maximum Gasteiger partial charge on any atom is 0.240 e. The van der Waals surface area contributed by atoms with Crippen LogP contribution in [0, 0.1) is 11.8 Å². The van der Waals surface area contributed by atoms with Gasteiger partial charge in [0.05, 0.1) is 16.6 Å². The third kappa shape index (κ3) is 2.58. The normalized spacial score (nSPS) is 32.9. The summed E-state index contributed by atoms with van der Waals surface area (Å²) < 4.78 is 34.3. The molecule has 3 aliphatic rings. The highest BCUT2D eigenvalue weighted by molar-refractivity contribution is 7.89. The van der Waals surface area contributed by atoms with Gasteiger partial charge in [0.25, 0.3) is 0 Å². The molecule has 0 saturated carbocycles. The first kappa shape index (κ1) is 16.7. The van der Waals surface area contributed by atoms with E-state index in [-0.39, 0.29) is 17.6 Å². The van der Waals surface area contributed by atoms with Gasteiger partial charge in [-0.25, -0.2) is 18.1 Å². The van der Waals surface area contributed by atoms with Crippen LogP contribution in [0.5, 0.6) is 0 Å². The van der Waals surface area contributed by atoms with Crippen molar-refractivity contribution < 1.29 is 13.2 Å². The number of nitrogens with one attached hydrogen (secondary N) is 1.